The molecule has 1 heterocycles. The SMILES string of the molecule is COCCN(C(=O)C(=O)Nc1cc(OC)c(Cl)cc1OC)C1CCS(=O)(=O)C1. The van der Waals surface area contributed by atoms with Crippen molar-refractivity contribution in [2.75, 3.05) is 51.3 Å². The van der Waals surface area contributed by atoms with Crippen molar-refractivity contribution in [1.82, 2.24) is 4.90 Å². The maximum Gasteiger partial charge on any atom is 0.314 e. The van der Waals surface area contributed by atoms with Gasteiger partial charge in [0.15, 0.2) is 9.84 Å². The number of methoxy groups -OCH3 is 3. The summed E-state index contributed by atoms with van der Waals surface area (Å²) >= 11 is 6.04. The third kappa shape index (κ3) is 5.27. The molecule has 0 saturated carbocycles. The van der Waals surface area contributed by atoms with Gasteiger partial charge in [-0.2, -0.15) is 0 Å². The molecule has 2 rings (SSSR count). The highest BCUT2D eigenvalue weighted by Crippen LogP contribution is 2.35. The van der Waals surface area contributed by atoms with Gasteiger partial charge in [-0.05, 0) is 6.42 Å². The minimum atomic E-state index is -3.23. The van der Waals surface area contributed by atoms with Gasteiger partial charge in [0.25, 0.3) is 0 Å². The minimum absolute atomic E-state index is 0.0156. The molecule has 2 amide bonds. The van der Waals surface area contributed by atoms with Crippen molar-refractivity contribution in [2.45, 2.75) is 12.5 Å². The Labute approximate surface area is 168 Å². The number of rotatable bonds is 7. The van der Waals surface area contributed by atoms with E-state index in [-0.39, 0.29) is 47.5 Å². The molecule has 1 atom stereocenters. The lowest BCUT2D eigenvalue weighted by atomic mass is 10.2. The van der Waals surface area contributed by atoms with Crippen molar-refractivity contribution in [2.24, 2.45) is 0 Å². The molecule has 28 heavy (non-hydrogen) atoms. The number of benzene rings is 1. The average Bonchev–Trinajstić information content (AvgIpc) is 3.02. The van der Waals surface area contributed by atoms with E-state index in [1.165, 1.54) is 38.4 Å². The normalized spacial score (nSPS) is 17.8. The Balaban J connectivity index is 2.22. The average molecular weight is 435 g/mol. The number of ether oxygens (including phenoxy) is 3. The summed E-state index contributed by atoms with van der Waals surface area (Å²) in [5.74, 6) is -1.42. The van der Waals surface area contributed by atoms with E-state index in [0.717, 1.165) is 0 Å². The lowest BCUT2D eigenvalue weighted by Gasteiger charge is -2.27. The topological polar surface area (TPSA) is 111 Å². The zero-order valence-electron chi connectivity index (χ0n) is 15.9. The smallest absolute Gasteiger partial charge is 0.314 e. The molecule has 156 valence electrons. The van der Waals surface area contributed by atoms with Crippen LogP contribution < -0.4 is 14.8 Å². The monoisotopic (exact) mass is 434 g/mol. The third-order valence-corrected chi connectivity index (χ3v) is 6.41. The van der Waals surface area contributed by atoms with Gasteiger partial charge in [0.2, 0.25) is 0 Å². The van der Waals surface area contributed by atoms with Crippen LogP contribution in [0.1, 0.15) is 6.42 Å². The molecule has 0 bridgehead atoms. The molecule has 1 saturated heterocycles. The molecule has 0 aliphatic carbocycles. The highest BCUT2D eigenvalue weighted by Gasteiger charge is 2.36. The van der Waals surface area contributed by atoms with Crippen molar-refractivity contribution in [3.63, 3.8) is 0 Å². The second-order valence-corrected chi connectivity index (χ2v) is 8.83. The number of amides is 2. The number of carbonyl (C=O) groups is 2. The van der Waals surface area contributed by atoms with Crippen LogP contribution in [0.3, 0.4) is 0 Å². The molecule has 1 unspecified atom stereocenters. The maximum absolute atomic E-state index is 12.7. The third-order valence-electron chi connectivity index (χ3n) is 4.36. The van der Waals surface area contributed by atoms with E-state index in [0.29, 0.717) is 5.75 Å². The van der Waals surface area contributed by atoms with Gasteiger partial charge in [0.1, 0.15) is 11.5 Å². The Bertz CT molecular complexity index is 844. The van der Waals surface area contributed by atoms with Crippen LogP contribution in [-0.2, 0) is 24.2 Å². The summed E-state index contributed by atoms with van der Waals surface area (Å²) in [5.41, 5.74) is 0.202. The lowest BCUT2D eigenvalue weighted by Crippen LogP contribution is -2.48. The van der Waals surface area contributed by atoms with E-state index in [1.54, 1.807) is 0 Å². The maximum atomic E-state index is 12.7. The van der Waals surface area contributed by atoms with Crippen LogP contribution >= 0.6 is 11.6 Å². The molecule has 1 aliphatic rings. The first-order valence-corrected chi connectivity index (χ1v) is 10.6. The molecule has 0 aromatic heterocycles. The van der Waals surface area contributed by atoms with Gasteiger partial charge in [-0.3, -0.25) is 9.59 Å². The van der Waals surface area contributed by atoms with E-state index in [9.17, 15) is 18.0 Å². The summed E-state index contributed by atoms with van der Waals surface area (Å²) in [6.07, 6.45) is 0.281. The van der Waals surface area contributed by atoms with Crippen molar-refractivity contribution in [3.05, 3.63) is 17.2 Å². The molecule has 1 aromatic rings. The molecule has 1 N–H and O–H groups in total. The first-order valence-electron chi connectivity index (χ1n) is 8.45. The molecule has 1 aromatic carbocycles. The van der Waals surface area contributed by atoms with Gasteiger partial charge < -0.3 is 24.4 Å². The Morgan fingerprint density at radius 3 is 2.43 bits per heavy atom. The van der Waals surface area contributed by atoms with Crippen molar-refractivity contribution >= 4 is 38.9 Å². The van der Waals surface area contributed by atoms with Crippen molar-refractivity contribution in [1.29, 1.82) is 0 Å². The molecule has 1 aliphatic heterocycles. The zero-order valence-corrected chi connectivity index (χ0v) is 17.4. The summed E-state index contributed by atoms with van der Waals surface area (Å²) in [5, 5.41) is 2.76. The number of hydrogen-bond donors (Lipinski definition) is 1. The largest absolute Gasteiger partial charge is 0.495 e. The first kappa shape index (κ1) is 22.3. The number of nitrogens with one attached hydrogen (secondary N) is 1. The predicted octanol–water partition coefficient (Wildman–Crippen LogP) is 0.958. The molecule has 0 spiro atoms. The zero-order chi connectivity index (χ0) is 20.9. The van der Waals surface area contributed by atoms with Crippen LogP contribution in [0.4, 0.5) is 5.69 Å². The number of carbonyl (C=O) groups excluding carboxylic acids is 2. The van der Waals surface area contributed by atoms with Gasteiger partial charge in [-0.15, -0.1) is 0 Å². The number of nitrogens with zero attached hydrogens (tertiary/aromatic N) is 1. The number of hydrogen-bond acceptors (Lipinski definition) is 7. The number of anilines is 1. The van der Waals surface area contributed by atoms with Crippen molar-refractivity contribution in [3.8, 4) is 11.5 Å². The second-order valence-electron chi connectivity index (χ2n) is 6.19. The Hall–Kier alpha value is -2.04. The first-order chi connectivity index (χ1) is 13.2. The Kier molecular flexibility index (Phi) is 7.50. The van der Waals surface area contributed by atoms with E-state index in [2.05, 4.69) is 5.32 Å². The van der Waals surface area contributed by atoms with Crippen LogP contribution in [0.15, 0.2) is 12.1 Å². The fourth-order valence-corrected chi connectivity index (χ4v) is 4.89. The van der Waals surface area contributed by atoms with Gasteiger partial charge in [0.05, 0.1) is 43.0 Å². The van der Waals surface area contributed by atoms with E-state index >= 15 is 0 Å². The fraction of sp³-hybridized carbons (Fsp3) is 0.529. The highest BCUT2D eigenvalue weighted by molar-refractivity contribution is 7.91. The molecule has 11 heteroatoms. The van der Waals surface area contributed by atoms with Crippen LogP contribution in [0.2, 0.25) is 5.02 Å². The van der Waals surface area contributed by atoms with Gasteiger partial charge in [0, 0.05) is 31.8 Å². The fourth-order valence-electron chi connectivity index (χ4n) is 2.93. The summed E-state index contributed by atoms with van der Waals surface area (Å²) in [6, 6.07) is 2.32. The lowest BCUT2D eigenvalue weighted by molar-refractivity contribution is -0.145. The van der Waals surface area contributed by atoms with Crippen LogP contribution in [0.5, 0.6) is 11.5 Å². The van der Waals surface area contributed by atoms with Gasteiger partial charge in [-0.25, -0.2) is 8.42 Å². The van der Waals surface area contributed by atoms with Crippen molar-refractivity contribution < 1.29 is 32.2 Å². The molecular weight excluding hydrogens is 412 g/mol. The second kappa shape index (κ2) is 9.44. The molecule has 9 nitrogen and oxygen atoms in total. The predicted molar refractivity (Wildman–Crippen MR) is 104 cm³/mol. The van der Waals surface area contributed by atoms with Crippen LogP contribution in [0, 0.1) is 0 Å². The van der Waals surface area contributed by atoms with E-state index < -0.39 is 27.7 Å². The Morgan fingerprint density at radius 1 is 1.21 bits per heavy atom. The van der Waals surface area contributed by atoms with Crippen LogP contribution in [0.25, 0.3) is 0 Å². The summed E-state index contributed by atoms with van der Waals surface area (Å²) < 4.78 is 38.8. The summed E-state index contributed by atoms with van der Waals surface area (Å²) in [7, 11) is 1.04. The standard InChI is InChI=1S/C17H23ClN2O7S/c1-25-6-5-20(11-4-7-28(23,24)10-11)17(22)16(21)19-13-9-14(26-2)12(18)8-15(13)27-3/h8-9,11H,4-7,10H2,1-3H3,(H,19,21). The quantitative estimate of drug-likeness (QED) is 0.636. The highest BCUT2D eigenvalue weighted by atomic mass is 35.5. The molecule has 1 fully saturated rings. The Morgan fingerprint density at radius 2 is 1.89 bits per heavy atom. The number of halogens is 1. The van der Waals surface area contributed by atoms with Gasteiger partial charge in [-0.1, -0.05) is 11.6 Å². The molecular formula is C17H23ClN2O7S. The molecule has 0 radical (unpaired) electrons. The minimum Gasteiger partial charge on any atom is -0.495 e. The number of sulfone groups is 1. The van der Waals surface area contributed by atoms with E-state index in [1.807, 2.05) is 0 Å². The van der Waals surface area contributed by atoms with E-state index in [4.69, 9.17) is 25.8 Å². The summed E-state index contributed by atoms with van der Waals surface area (Å²) in [4.78, 5) is 26.5. The van der Waals surface area contributed by atoms with Gasteiger partial charge >= 0.3 is 11.8 Å². The van der Waals surface area contributed by atoms with Crippen LogP contribution in [-0.4, -0.2) is 77.2 Å². The summed E-state index contributed by atoms with van der Waals surface area (Å²) in [6.45, 7) is 0.275.